The SMILES string of the molecule is CC(N)C1CCN(C(=O)c2cc(Cl)ccc2I)CC1.Cl. The molecule has 1 aromatic carbocycles. The zero-order valence-electron chi connectivity index (χ0n) is 11.3. The molecular weight excluding hydrogens is 410 g/mol. The Labute approximate surface area is 144 Å². The molecule has 6 heteroatoms. The largest absolute Gasteiger partial charge is 0.339 e. The van der Waals surface area contributed by atoms with Crippen molar-refractivity contribution in [2.24, 2.45) is 11.7 Å². The Kier molecular flexibility index (Phi) is 7.04. The Hall–Kier alpha value is -0.0400. The van der Waals surface area contributed by atoms with Crippen LogP contribution in [0.4, 0.5) is 0 Å². The van der Waals surface area contributed by atoms with Gasteiger partial charge < -0.3 is 10.6 Å². The highest BCUT2D eigenvalue weighted by atomic mass is 127. The van der Waals surface area contributed by atoms with Crippen molar-refractivity contribution in [3.8, 4) is 0 Å². The summed E-state index contributed by atoms with van der Waals surface area (Å²) in [5.74, 6) is 0.609. The number of piperidine rings is 1. The van der Waals surface area contributed by atoms with Gasteiger partial charge in [-0.1, -0.05) is 11.6 Å². The topological polar surface area (TPSA) is 46.3 Å². The van der Waals surface area contributed by atoms with Crippen LogP contribution >= 0.6 is 46.6 Å². The quantitative estimate of drug-likeness (QED) is 0.732. The fourth-order valence-corrected chi connectivity index (χ4v) is 3.20. The zero-order valence-corrected chi connectivity index (χ0v) is 15.0. The van der Waals surface area contributed by atoms with Gasteiger partial charge in [0.1, 0.15) is 0 Å². The van der Waals surface area contributed by atoms with Crippen molar-refractivity contribution < 1.29 is 4.79 Å². The van der Waals surface area contributed by atoms with Gasteiger partial charge in [0.05, 0.1) is 5.56 Å². The number of carbonyl (C=O) groups excluding carboxylic acids is 1. The number of nitrogens with zero attached hydrogens (tertiary/aromatic N) is 1. The molecule has 0 spiro atoms. The summed E-state index contributed by atoms with van der Waals surface area (Å²) in [4.78, 5) is 14.4. The predicted octanol–water partition coefficient (Wildman–Crippen LogP) is 3.57. The third-order valence-electron chi connectivity index (χ3n) is 3.73. The Morgan fingerprint density at radius 1 is 1.45 bits per heavy atom. The Morgan fingerprint density at radius 3 is 2.60 bits per heavy atom. The monoisotopic (exact) mass is 428 g/mol. The first-order chi connectivity index (χ1) is 8.99. The van der Waals surface area contributed by atoms with Crippen LogP contribution in [0, 0.1) is 9.49 Å². The lowest BCUT2D eigenvalue weighted by Gasteiger charge is -2.34. The number of halogens is 3. The van der Waals surface area contributed by atoms with Crippen molar-refractivity contribution in [2.45, 2.75) is 25.8 Å². The molecule has 0 radical (unpaired) electrons. The van der Waals surface area contributed by atoms with E-state index < -0.39 is 0 Å². The van der Waals surface area contributed by atoms with Crippen LogP contribution in [0.3, 0.4) is 0 Å². The van der Waals surface area contributed by atoms with Gasteiger partial charge in [0, 0.05) is 27.7 Å². The van der Waals surface area contributed by atoms with E-state index in [-0.39, 0.29) is 24.4 Å². The van der Waals surface area contributed by atoms with E-state index >= 15 is 0 Å². The molecule has 1 heterocycles. The molecule has 3 nitrogen and oxygen atoms in total. The van der Waals surface area contributed by atoms with Gasteiger partial charge in [-0.05, 0) is 66.5 Å². The minimum atomic E-state index is 0. The first-order valence-electron chi connectivity index (χ1n) is 6.49. The first-order valence-corrected chi connectivity index (χ1v) is 7.94. The number of likely N-dealkylation sites (tertiary alicyclic amines) is 1. The standard InChI is InChI=1S/C14H18ClIN2O.ClH/c1-9(17)10-4-6-18(7-5-10)14(19)12-8-11(15)2-3-13(12)16;/h2-3,8-10H,4-7,17H2,1H3;1H. The van der Waals surface area contributed by atoms with Gasteiger partial charge in [0.25, 0.3) is 5.91 Å². The van der Waals surface area contributed by atoms with Crippen molar-refractivity contribution in [1.29, 1.82) is 0 Å². The highest BCUT2D eigenvalue weighted by molar-refractivity contribution is 14.1. The van der Waals surface area contributed by atoms with Crippen LogP contribution in [-0.2, 0) is 0 Å². The van der Waals surface area contributed by atoms with Gasteiger partial charge in [0.15, 0.2) is 0 Å². The van der Waals surface area contributed by atoms with Crippen LogP contribution in [0.2, 0.25) is 5.02 Å². The van der Waals surface area contributed by atoms with Gasteiger partial charge in [-0.3, -0.25) is 4.79 Å². The van der Waals surface area contributed by atoms with E-state index in [1.807, 2.05) is 24.0 Å². The molecule has 112 valence electrons. The molecule has 2 rings (SSSR count). The van der Waals surface area contributed by atoms with Crippen molar-refractivity contribution in [3.63, 3.8) is 0 Å². The second-order valence-electron chi connectivity index (χ2n) is 5.11. The summed E-state index contributed by atoms with van der Waals surface area (Å²) in [5, 5.41) is 0.606. The molecule has 0 aliphatic carbocycles. The van der Waals surface area contributed by atoms with Gasteiger partial charge in [-0.2, -0.15) is 0 Å². The van der Waals surface area contributed by atoms with Crippen LogP contribution in [0.1, 0.15) is 30.1 Å². The molecule has 1 aliphatic heterocycles. The molecule has 2 N–H and O–H groups in total. The van der Waals surface area contributed by atoms with E-state index in [0.717, 1.165) is 29.5 Å². The number of benzene rings is 1. The van der Waals surface area contributed by atoms with Crippen LogP contribution in [0.25, 0.3) is 0 Å². The summed E-state index contributed by atoms with van der Waals surface area (Å²) in [7, 11) is 0. The van der Waals surface area contributed by atoms with E-state index in [1.165, 1.54) is 0 Å². The fraction of sp³-hybridized carbons (Fsp3) is 0.500. The van der Waals surface area contributed by atoms with Crippen molar-refractivity contribution >= 4 is 52.5 Å². The van der Waals surface area contributed by atoms with E-state index in [9.17, 15) is 4.79 Å². The van der Waals surface area contributed by atoms with Crippen LogP contribution in [-0.4, -0.2) is 29.9 Å². The molecule has 1 atom stereocenters. The zero-order chi connectivity index (χ0) is 14.0. The molecule has 1 unspecified atom stereocenters. The summed E-state index contributed by atoms with van der Waals surface area (Å²) in [6, 6.07) is 5.65. The third kappa shape index (κ3) is 4.23. The normalized spacial score (nSPS) is 17.5. The second kappa shape index (κ2) is 7.82. The van der Waals surface area contributed by atoms with E-state index in [2.05, 4.69) is 22.6 Å². The highest BCUT2D eigenvalue weighted by Gasteiger charge is 2.26. The minimum absolute atomic E-state index is 0. The van der Waals surface area contributed by atoms with Crippen molar-refractivity contribution in [2.75, 3.05) is 13.1 Å². The maximum atomic E-state index is 12.5. The molecular formula is C14H19Cl2IN2O. The molecule has 1 amide bonds. The minimum Gasteiger partial charge on any atom is -0.339 e. The smallest absolute Gasteiger partial charge is 0.254 e. The summed E-state index contributed by atoms with van der Waals surface area (Å²) in [5.41, 5.74) is 6.62. The lowest BCUT2D eigenvalue weighted by molar-refractivity contribution is 0.0680. The number of nitrogens with two attached hydrogens (primary N) is 1. The molecule has 1 aromatic rings. The number of hydrogen-bond donors (Lipinski definition) is 1. The lowest BCUT2D eigenvalue weighted by atomic mass is 9.90. The van der Waals surface area contributed by atoms with Gasteiger partial charge >= 0.3 is 0 Å². The van der Waals surface area contributed by atoms with Crippen LogP contribution in [0.15, 0.2) is 18.2 Å². The number of amides is 1. The molecule has 0 bridgehead atoms. The molecule has 1 aliphatic rings. The maximum absolute atomic E-state index is 12.5. The summed E-state index contributed by atoms with van der Waals surface area (Å²) in [6.07, 6.45) is 1.97. The molecule has 0 saturated carbocycles. The van der Waals surface area contributed by atoms with E-state index in [1.54, 1.807) is 6.07 Å². The number of hydrogen-bond acceptors (Lipinski definition) is 2. The second-order valence-corrected chi connectivity index (χ2v) is 6.71. The summed E-state index contributed by atoms with van der Waals surface area (Å²) >= 11 is 8.15. The van der Waals surface area contributed by atoms with Crippen LogP contribution < -0.4 is 5.73 Å². The van der Waals surface area contributed by atoms with Gasteiger partial charge in [-0.15, -0.1) is 12.4 Å². The van der Waals surface area contributed by atoms with Crippen molar-refractivity contribution in [3.05, 3.63) is 32.4 Å². The van der Waals surface area contributed by atoms with Crippen LogP contribution in [0.5, 0.6) is 0 Å². The predicted molar refractivity (Wildman–Crippen MR) is 93.7 cm³/mol. The first kappa shape index (κ1) is 18.0. The third-order valence-corrected chi connectivity index (χ3v) is 4.90. The average molecular weight is 429 g/mol. The van der Waals surface area contributed by atoms with Gasteiger partial charge in [-0.25, -0.2) is 0 Å². The summed E-state index contributed by atoms with van der Waals surface area (Å²) in [6.45, 7) is 3.61. The Balaban J connectivity index is 0.00000200. The summed E-state index contributed by atoms with van der Waals surface area (Å²) < 4.78 is 0.946. The molecule has 20 heavy (non-hydrogen) atoms. The van der Waals surface area contributed by atoms with Crippen molar-refractivity contribution in [1.82, 2.24) is 4.90 Å². The number of carbonyl (C=O) groups is 1. The Bertz CT molecular complexity index is 474. The lowest BCUT2D eigenvalue weighted by Crippen LogP contribution is -2.42. The van der Waals surface area contributed by atoms with Gasteiger partial charge in [0.2, 0.25) is 0 Å². The Morgan fingerprint density at radius 2 is 2.05 bits per heavy atom. The molecule has 0 aromatic heterocycles. The number of rotatable bonds is 2. The molecule has 1 fully saturated rings. The fourth-order valence-electron chi connectivity index (χ4n) is 2.46. The maximum Gasteiger partial charge on any atom is 0.254 e. The van der Waals surface area contributed by atoms with E-state index in [4.69, 9.17) is 17.3 Å². The average Bonchev–Trinajstić information content (AvgIpc) is 2.41. The highest BCUT2D eigenvalue weighted by Crippen LogP contribution is 2.24. The molecule has 1 saturated heterocycles. The van der Waals surface area contributed by atoms with E-state index in [0.29, 0.717) is 16.5 Å².